The van der Waals surface area contributed by atoms with Crippen molar-refractivity contribution in [3.63, 3.8) is 0 Å². The van der Waals surface area contributed by atoms with E-state index in [1.54, 1.807) is 18.2 Å². The number of fused-ring (bicyclic) bond motifs is 1. The number of nitrogens with zero attached hydrogens (tertiary/aromatic N) is 3. The van der Waals surface area contributed by atoms with Crippen molar-refractivity contribution in [3.05, 3.63) is 69.5 Å². The van der Waals surface area contributed by atoms with Gasteiger partial charge in [0.05, 0.1) is 11.9 Å². The zero-order chi connectivity index (χ0) is 20.3. The van der Waals surface area contributed by atoms with Gasteiger partial charge in [0.25, 0.3) is 5.56 Å². The SMILES string of the molecule is O=C(CCn1nnc2ccccc2c1=O)NCC1(c2ccc(Cl)cc2)CCCC1. The van der Waals surface area contributed by atoms with Crippen LogP contribution in [-0.4, -0.2) is 27.4 Å². The Balaban J connectivity index is 1.40. The fourth-order valence-corrected chi connectivity index (χ4v) is 4.28. The standard InChI is InChI=1S/C22H23ClN4O2/c23-17-9-7-16(8-10-17)22(12-3-4-13-22)15-24-20(28)11-14-27-21(29)18-5-1-2-6-19(18)25-26-27/h1-2,5-10H,3-4,11-15H2,(H,24,28). The van der Waals surface area contributed by atoms with Crippen LogP contribution in [0.1, 0.15) is 37.7 Å². The van der Waals surface area contributed by atoms with Crippen LogP contribution in [-0.2, 0) is 16.8 Å². The van der Waals surface area contributed by atoms with Gasteiger partial charge in [-0.25, -0.2) is 4.68 Å². The second-order valence-electron chi connectivity index (χ2n) is 7.66. The Hall–Kier alpha value is -2.73. The first-order valence-corrected chi connectivity index (χ1v) is 10.3. The molecule has 0 atom stereocenters. The van der Waals surface area contributed by atoms with Crippen LogP contribution >= 0.6 is 11.6 Å². The van der Waals surface area contributed by atoms with Crippen molar-refractivity contribution in [1.29, 1.82) is 0 Å². The van der Waals surface area contributed by atoms with Gasteiger partial charge in [-0.3, -0.25) is 9.59 Å². The maximum Gasteiger partial charge on any atom is 0.277 e. The zero-order valence-electron chi connectivity index (χ0n) is 16.1. The summed E-state index contributed by atoms with van der Waals surface area (Å²) in [6, 6.07) is 15.0. The first kappa shape index (κ1) is 19.6. The van der Waals surface area contributed by atoms with Crippen molar-refractivity contribution < 1.29 is 4.79 Å². The van der Waals surface area contributed by atoms with Gasteiger partial charge in [-0.15, -0.1) is 5.10 Å². The van der Waals surface area contributed by atoms with Gasteiger partial charge in [-0.1, -0.05) is 53.9 Å². The van der Waals surface area contributed by atoms with E-state index in [1.165, 1.54) is 10.2 Å². The number of carbonyl (C=O) groups excluding carboxylic acids is 1. The van der Waals surface area contributed by atoms with Crippen LogP contribution < -0.4 is 10.9 Å². The van der Waals surface area contributed by atoms with Crippen molar-refractivity contribution in [3.8, 4) is 0 Å². The molecule has 0 unspecified atom stereocenters. The summed E-state index contributed by atoms with van der Waals surface area (Å²) < 4.78 is 1.26. The lowest BCUT2D eigenvalue weighted by atomic mass is 9.79. The summed E-state index contributed by atoms with van der Waals surface area (Å²) in [5.74, 6) is -0.0907. The predicted molar refractivity (Wildman–Crippen MR) is 113 cm³/mol. The molecule has 150 valence electrons. The monoisotopic (exact) mass is 410 g/mol. The minimum absolute atomic E-state index is 0.0418. The Kier molecular flexibility index (Phi) is 5.62. The second-order valence-corrected chi connectivity index (χ2v) is 8.09. The number of amides is 1. The molecule has 4 rings (SSSR count). The fourth-order valence-electron chi connectivity index (χ4n) is 4.16. The molecule has 3 aromatic rings. The summed E-state index contributed by atoms with van der Waals surface area (Å²) in [4.78, 5) is 25.0. The van der Waals surface area contributed by atoms with Gasteiger partial charge in [-0.2, -0.15) is 0 Å². The Morgan fingerprint density at radius 2 is 1.83 bits per heavy atom. The molecule has 0 bridgehead atoms. The molecule has 1 fully saturated rings. The largest absolute Gasteiger partial charge is 0.355 e. The second kappa shape index (κ2) is 8.33. The van der Waals surface area contributed by atoms with Crippen molar-refractivity contribution in [2.75, 3.05) is 6.54 Å². The van der Waals surface area contributed by atoms with Crippen molar-refractivity contribution in [1.82, 2.24) is 20.3 Å². The van der Waals surface area contributed by atoms with E-state index in [1.807, 2.05) is 18.2 Å². The Labute approximate surface area is 173 Å². The van der Waals surface area contributed by atoms with Gasteiger partial charge in [-0.05, 0) is 42.7 Å². The van der Waals surface area contributed by atoms with Gasteiger partial charge in [0.15, 0.2) is 0 Å². The molecule has 1 amide bonds. The minimum Gasteiger partial charge on any atom is -0.355 e. The van der Waals surface area contributed by atoms with E-state index in [4.69, 9.17) is 11.6 Å². The number of benzene rings is 2. The van der Waals surface area contributed by atoms with Gasteiger partial charge in [0, 0.05) is 23.4 Å². The third kappa shape index (κ3) is 4.17. The number of rotatable bonds is 6. The molecule has 2 aromatic carbocycles. The molecule has 29 heavy (non-hydrogen) atoms. The molecule has 1 aromatic heterocycles. The van der Waals surface area contributed by atoms with E-state index in [2.05, 4.69) is 27.8 Å². The van der Waals surface area contributed by atoms with Crippen LogP contribution in [0.2, 0.25) is 5.02 Å². The highest BCUT2D eigenvalue weighted by molar-refractivity contribution is 6.30. The smallest absolute Gasteiger partial charge is 0.277 e. The first-order chi connectivity index (χ1) is 14.1. The number of carbonyl (C=O) groups is 1. The number of aryl methyl sites for hydroxylation is 1. The molecule has 1 N–H and O–H groups in total. The van der Waals surface area contributed by atoms with E-state index in [-0.39, 0.29) is 29.8 Å². The minimum atomic E-state index is -0.225. The predicted octanol–water partition coefficient (Wildman–Crippen LogP) is 3.46. The molecule has 7 heteroatoms. The number of aromatic nitrogens is 3. The molecule has 6 nitrogen and oxygen atoms in total. The van der Waals surface area contributed by atoms with Crippen molar-refractivity contribution in [2.45, 2.75) is 44.1 Å². The van der Waals surface area contributed by atoms with E-state index >= 15 is 0 Å². The third-order valence-electron chi connectivity index (χ3n) is 5.82. The lowest BCUT2D eigenvalue weighted by molar-refractivity contribution is -0.121. The molecule has 0 aliphatic heterocycles. The van der Waals surface area contributed by atoms with Gasteiger partial charge in [0.1, 0.15) is 5.52 Å². The molecule has 0 spiro atoms. The van der Waals surface area contributed by atoms with E-state index in [9.17, 15) is 9.59 Å². The molecule has 0 saturated heterocycles. The lowest BCUT2D eigenvalue weighted by Gasteiger charge is -2.30. The molecule has 1 heterocycles. The van der Waals surface area contributed by atoms with E-state index in [0.717, 1.165) is 25.7 Å². The quantitative estimate of drug-likeness (QED) is 0.675. The maximum absolute atomic E-state index is 12.5. The third-order valence-corrected chi connectivity index (χ3v) is 6.07. The van der Waals surface area contributed by atoms with E-state index in [0.29, 0.717) is 22.5 Å². The molecule has 1 saturated carbocycles. The van der Waals surface area contributed by atoms with Crippen molar-refractivity contribution >= 4 is 28.4 Å². The highest BCUT2D eigenvalue weighted by Crippen LogP contribution is 2.40. The average molecular weight is 411 g/mol. The summed E-state index contributed by atoms with van der Waals surface area (Å²) in [7, 11) is 0. The Morgan fingerprint density at radius 3 is 2.59 bits per heavy atom. The molecular formula is C22H23ClN4O2. The van der Waals surface area contributed by atoms with Gasteiger partial charge in [0.2, 0.25) is 5.91 Å². The summed E-state index contributed by atoms with van der Waals surface area (Å²) in [6.45, 7) is 0.794. The Bertz CT molecular complexity index is 1070. The normalized spacial score (nSPS) is 15.5. The number of nitrogens with one attached hydrogen (secondary N) is 1. The van der Waals surface area contributed by atoms with Crippen LogP contribution in [0.3, 0.4) is 0 Å². The van der Waals surface area contributed by atoms with Crippen LogP contribution in [0.25, 0.3) is 10.9 Å². The van der Waals surface area contributed by atoms with Crippen LogP contribution in [0.15, 0.2) is 53.3 Å². The lowest BCUT2D eigenvalue weighted by Crippen LogP contribution is -2.39. The van der Waals surface area contributed by atoms with Gasteiger partial charge < -0.3 is 5.32 Å². The maximum atomic E-state index is 12.5. The van der Waals surface area contributed by atoms with Crippen molar-refractivity contribution in [2.24, 2.45) is 0 Å². The Morgan fingerprint density at radius 1 is 1.10 bits per heavy atom. The molecule has 0 radical (unpaired) electrons. The number of hydrogen-bond donors (Lipinski definition) is 1. The summed E-state index contributed by atoms with van der Waals surface area (Å²) >= 11 is 6.03. The average Bonchev–Trinajstić information content (AvgIpc) is 3.23. The zero-order valence-corrected chi connectivity index (χ0v) is 16.9. The molecule has 1 aliphatic rings. The summed E-state index contributed by atoms with van der Waals surface area (Å²) in [6.07, 6.45) is 4.58. The summed E-state index contributed by atoms with van der Waals surface area (Å²) in [5, 5.41) is 12.3. The van der Waals surface area contributed by atoms with E-state index < -0.39 is 0 Å². The number of halogens is 1. The highest BCUT2D eigenvalue weighted by Gasteiger charge is 2.35. The van der Waals surface area contributed by atoms with Crippen LogP contribution in [0, 0.1) is 0 Å². The van der Waals surface area contributed by atoms with Crippen LogP contribution in [0.5, 0.6) is 0 Å². The van der Waals surface area contributed by atoms with Gasteiger partial charge >= 0.3 is 0 Å². The topological polar surface area (TPSA) is 76.9 Å². The summed E-state index contributed by atoms with van der Waals surface area (Å²) in [5.41, 5.74) is 1.51. The molecule has 1 aliphatic carbocycles. The van der Waals surface area contributed by atoms with Crippen LogP contribution in [0.4, 0.5) is 0 Å². The molecular weight excluding hydrogens is 388 g/mol. The first-order valence-electron chi connectivity index (χ1n) is 9.93. The number of hydrogen-bond acceptors (Lipinski definition) is 4. The highest BCUT2D eigenvalue weighted by atomic mass is 35.5. The fraction of sp³-hybridized carbons (Fsp3) is 0.364.